The predicted molar refractivity (Wildman–Crippen MR) is 111 cm³/mol. The smallest absolute Gasteiger partial charge is 0.316 e. The fourth-order valence-electron chi connectivity index (χ4n) is 3.02. The molecule has 2 aromatic carbocycles. The molecule has 2 heterocycles. The van der Waals surface area contributed by atoms with Gasteiger partial charge >= 0.3 is 11.8 Å². The van der Waals surface area contributed by atoms with Gasteiger partial charge in [0.25, 0.3) is 5.91 Å². The third kappa shape index (κ3) is 3.82. The third-order valence-corrected chi connectivity index (χ3v) is 4.83. The van der Waals surface area contributed by atoms with E-state index in [1.54, 1.807) is 25.2 Å². The zero-order valence-electron chi connectivity index (χ0n) is 16.9. The van der Waals surface area contributed by atoms with Crippen LogP contribution in [0.5, 0.6) is 5.75 Å². The zero-order valence-corrected chi connectivity index (χ0v) is 16.9. The predicted octanol–water partition coefficient (Wildman–Crippen LogP) is 2.09. The van der Waals surface area contributed by atoms with Crippen molar-refractivity contribution in [2.75, 3.05) is 37.5 Å². The van der Waals surface area contributed by atoms with Gasteiger partial charge in [0.2, 0.25) is 5.82 Å². The maximum absolute atomic E-state index is 12.4. The van der Waals surface area contributed by atoms with Gasteiger partial charge in [0.1, 0.15) is 5.75 Å². The molecule has 0 spiro atoms. The number of rotatable bonds is 5. The normalized spacial score (nSPS) is 12.9. The molecule has 0 fully saturated rings. The second-order valence-corrected chi connectivity index (χ2v) is 7.09. The quantitative estimate of drug-likeness (QED) is 0.691. The number of aromatic nitrogens is 2. The van der Waals surface area contributed by atoms with Gasteiger partial charge in [-0.3, -0.25) is 9.59 Å². The van der Waals surface area contributed by atoms with Gasteiger partial charge in [-0.1, -0.05) is 17.3 Å². The minimum Gasteiger partial charge on any atom is -0.482 e. The molecule has 0 atom stereocenters. The lowest BCUT2D eigenvalue weighted by Crippen LogP contribution is -2.35. The Morgan fingerprint density at radius 3 is 2.70 bits per heavy atom. The first-order valence-corrected chi connectivity index (χ1v) is 9.34. The van der Waals surface area contributed by atoms with E-state index in [1.807, 2.05) is 43.3 Å². The van der Waals surface area contributed by atoms with Crippen molar-refractivity contribution in [3.8, 4) is 17.1 Å². The Kier molecular flexibility index (Phi) is 5.09. The van der Waals surface area contributed by atoms with E-state index in [0.717, 1.165) is 11.3 Å². The summed E-state index contributed by atoms with van der Waals surface area (Å²) in [5.74, 6) is 0.115. The summed E-state index contributed by atoms with van der Waals surface area (Å²) >= 11 is 0. The molecule has 9 heteroatoms. The van der Waals surface area contributed by atoms with Crippen molar-refractivity contribution in [1.29, 1.82) is 0 Å². The Bertz CT molecular complexity index is 1090. The number of fused-ring (bicyclic) bond motifs is 1. The van der Waals surface area contributed by atoms with Crippen LogP contribution in [-0.4, -0.2) is 49.7 Å². The van der Waals surface area contributed by atoms with Crippen LogP contribution in [0.25, 0.3) is 11.4 Å². The van der Waals surface area contributed by atoms with Gasteiger partial charge in [-0.05, 0) is 35.9 Å². The average molecular weight is 407 g/mol. The van der Waals surface area contributed by atoms with Crippen molar-refractivity contribution < 1.29 is 18.8 Å². The van der Waals surface area contributed by atoms with Crippen LogP contribution >= 0.6 is 0 Å². The number of carbonyl (C=O) groups is 2. The summed E-state index contributed by atoms with van der Waals surface area (Å²) in [5.41, 5.74) is 3.32. The summed E-state index contributed by atoms with van der Waals surface area (Å²) in [6.07, 6.45) is 0. The van der Waals surface area contributed by atoms with Crippen molar-refractivity contribution in [3.05, 3.63) is 53.9 Å². The number of nitrogens with zero attached hydrogens (tertiary/aromatic N) is 4. The van der Waals surface area contributed by atoms with Crippen LogP contribution in [0.4, 0.5) is 11.4 Å². The van der Waals surface area contributed by atoms with E-state index < -0.39 is 5.91 Å². The van der Waals surface area contributed by atoms with Crippen LogP contribution in [0, 0.1) is 0 Å². The minimum absolute atomic E-state index is 0.0254. The van der Waals surface area contributed by atoms with Gasteiger partial charge in [-0.25, -0.2) is 0 Å². The zero-order chi connectivity index (χ0) is 21.3. The fourth-order valence-corrected chi connectivity index (χ4v) is 3.02. The number of anilines is 2. The van der Waals surface area contributed by atoms with Crippen molar-refractivity contribution in [2.45, 2.75) is 6.54 Å². The molecular formula is C21H21N5O4. The molecule has 1 N–H and O–H groups in total. The standard InChI is InChI=1S/C21H21N5O4/c1-25(2)15-7-4-13(5-8-15)11-22-20(28)21-23-19(24-30-21)14-6-9-16-17(10-14)29-12-18(27)26(16)3/h4-10H,11-12H2,1-3H3,(H,22,28). The van der Waals surface area contributed by atoms with E-state index in [2.05, 4.69) is 15.5 Å². The first-order valence-electron chi connectivity index (χ1n) is 9.34. The molecule has 4 rings (SSSR count). The Hall–Kier alpha value is -3.88. The molecule has 1 aromatic heterocycles. The molecule has 30 heavy (non-hydrogen) atoms. The molecule has 0 bridgehead atoms. The van der Waals surface area contributed by atoms with Crippen LogP contribution in [0.2, 0.25) is 0 Å². The highest BCUT2D eigenvalue weighted by Crippen LogP contribution is 2.34. The maximum atomic E-state index is 12.4. The van der Waals surface area contributed by atoms with Gasteiger partial charge in [0, 0.05) is 38.9 Å². The molecule has 0 saturated heterocycles. The van der Waals surface area contributed by atoms with Gasteiger partial charge < -0.3 is 24.4 Å². The van der Waals surface area contributed by atoms with Crippen LogP contribution in [0.1, 0.15) is 16.2 Å². The van der Waals surface area contributed by atoms with E-state index in [-0.39, 0.29) is 24.2 Å². The SMILES string of the molecule is CN(C)c1ccc(CNC(=O)c2nc(-c3ccc4c(c3)OCC(=O)N4C)no2)cc1. The molecule has 0 saturated carbocycles. The molecule has 1 aliphatic rings. The molecule has 2 amide bonds. The second kappa shape index (κ2) is 7.86. The molecule has 1 aliphatic heterocycles. The summed E-state index contributed by atoms with van der Waals surface area (Å²) < 4.78 is 10.6. The number of hydrogen-bond acceptors (Lipinski definition) is 7. The van der Waals surface area contributed by atoms with Gasteiger partial charge in [0.05, 0.1) is 5.69 Å². The molecule has 0 aliphatic carbocycles. The lowest BCUT2D eigenvalue weighted by molar-refractivity contribution is -0.120. The fraction of sp³-hybridized carbons (Fsp3) is 0.238. The molecule has 9 nitrogen and oxygen atoms in total. The number of ether oxygens (including phenoxy) is 1. The first-order chi connectivity index (χ1) is 14.4. The van der Waals surface area contributed by atoms with E-state index in [9.17, 15) is 9.59 Å². The molecule has 154 valence electrons. The summed E-state index contributed by atoms with van der Waals surface area (Å²) in [6.45, 7) is 0.319. The molecular weight excluding hydrogens is 386 g/mol. The van der Waals surface area contributed by atoms with E-state index in [1.165, 1.54) is 4.90 Å². The van der Waals surface area contributed by atoms with Crippen LogP contribution < -0.4 is 19.9 Å². The summed E-state index contributed by atoms with van der Waals surface area (Å²) in [7, 11) is 5.63. The number of hydrogen-bond donors (Lipinski definition) is 1. The highest BCUT2D eigenvalue weighted by Gasteiger charge is 2.23. The van der Waals surface area contributed by atoms with Crippen LogP contribution in [-0.2, 0) is 11.3 Å². The van der Waals surface area contributed by atoms with Gasteiger partial charge in [0.15, 0.2) is 6.61 Å². The topological polar surface area (TPSA) is 101 Å². The van der Waals surface area contributed by atoms with Crippen molar-refractivity contribution >= 4 is 23.2 Å². The van der Waals surface area contributed by atoms with Crippen LogP contribution in [0.15, 0.2) is 47.0 Å². The lowest BCUT2D eigenvalue weighted by Gasteiger charge is -2.25. The highest BCUT2D eigenvalue weighted by molar-refractivity contribution is 5.97. The Labute approximate surface area is 173 Å². The van der Waals surface area contributed by atoms with Crippen molar-refractivity contribution in [2.24, 2.45) is 0 Å². The summed E-state index contributed by atoms with van der Waals surface area (Å²) in [4.78, 5) is 31.8. The number of benzene rings is 2. The van der Waals surface area contributed by atoms with Crippen molar-refractivity contribution in [1.82, 2.24) is 15.5 Å². The van der Waals surface area contributed by atoms with Gasteiger partial charge in [-0.2, -0.15) is 4.98 Å². The maximum Gasteiger partial charge on any atom is 0.316 e. The van der Waals surface area contributed by atoms with Crippen molar-refractivity contribution in [3.63, 3.8) is 0 Å². The number of carbonyl (C=O) groups excluding carboxylic acids is 2. The summed E-state index contributed by atoms with van der Waals surface area (Å²) in [5, 5.41) is 6.66. The monoisotopic (exact) mass is 407 g/mol. The largest absolute Gasteiger partial charge is 0.482 e. The summed E-state index contributed by atoms with van der Waals surface area (Å²) in [6, 6.07) is 13.1. The van der Waals surface area contributed by atoms with E-state index in [0.29, 0.717) is 23.5 Å². The molecule has 3 aromatic rings. The molecule has 0 radical (unpaired) electrons. The Balaban J connectivity index is 1.43. The Morgan fingerprint density at radius 2 is 1.97 bits per heavy atom. The van der Waals surface area contributed by atoms with E-state index in [4.69, 9.17) is 9.26 Å². The van der Waals surface area contributed by atoms with E-state index >= 15 is 0 Å². The third-order valence-electron chi connectivity index (χ3n) is 4.83. The number of amides is 2. The number of likely N-dealkylation sites (N-methyl/N-ethyl adjacent to an activating group) is 1. The highest BCUT2D eigenvalue weighted by atomic mass is 16.5. The number of nitrogens with one attached hydrogen (secondary N) is 1. The lowest BCUT2D eigenvalue weighted by atomic mass is 10.1. The second-order valence-electron chi connectivity index (χ2n) is 7.09. The Morgan fingerprint density at radius 1 is 1.20 bits per heavy atom. The minimum atomic E-state index is -0.454. The van der Waals surface area contributed by atoms with Crippen LogP contribution in [0.3, 0.4) is 0 Å². The van der Waals surface area contributed by atoms with Gasteiger partial charge in [-0.15, -0.1) is 0 Å². The first kappa shape index (κ1) is 19.4. The molecule has 0 unspecified atom stereocenters. The average Bonchev–Trinajstić information content (AvgIpc) is 3.25.